The van der Waals surface area contributed by atoms with E-state index < -0.39 is 0 Å². The van der Waals surface area contributed by atoms with Gasteiger partial charge in [0.2, 0.25) is 0 Å². The number of aryl methyl sites for hydroxylation is 1. The molecule has 2 unspecified atom stereocenters. The summed E-state index contributed by atoms with van der Waals surface area (Å²) in [6.07, 6.45) is 3.37. The lowest BCUT2D eigenvalue weighted by Crippen LogP contribution is -2.09. The van der Waals surface area contributed by atoms with Crippen LogP contribution >= 0.6 is 12.2 Å². The number of rotatable bonds is 2. The third-order valence-electron chi connectivity index (χ3n) is 4.05. The van der Waals surface area contributed by atoms with E-state index in [1.165, 1.54) is 6.07 Å². The fourth-order valence-electron chi connectivity index (χ4n) is 2.98. The summed E-state index contributed by atoms with van der Waals surface area (Å²) in [5.74, 6) is -0.197. The standard InChI is InChI=1S/C14H17FN2OS/c1-8-5-13-12(7-11(8)15)16-14(19)17(13)9-3-4-10(6-9)18-2/h5,7,9-10H,3-4,6H2,1-2H3,(H,16,19). The maximum absolute atomic E-state index is 13.6. The minimum absolute atomic E-state index is 0.197. The van der Waals surface area contributed by atoms with Gasteiger partial charge in [-0.3, -0.25) is 0 Å². The fourth-order valence-corrected chi connectivity index (χ4v) is 3.34. The highest BCUT2D eigenvalue weighted by atomic mass is 32.1. The van der Waals surface area contributed by atoms with E-state index in [0.29, 0.717) is 22.5 Å². The summed E-state index contributed by atoms with van der Waals surface area (Å²) < 4.78 is 21.8. The number of H-pyrrole nitrogens is 1. The van der Waals surface area contributed by atoms with Gasteiger partial charge in [-0.15, -0.1) is 0 Å². The van der Waals surface area contributed by atoms with Crippen molar-refractivity contribution in [3.05, 3.63) is 28.3 Å². The number of benzene rings is 1. The minimum Gasteiger partial charge on any atom is -0.381 e. The summed E-state index contributed by atoms with van der Waals surface area (Å²) in [5, 5.41) is 0. The van der Waals surface area contributed by atoms with Gasteiger partial charge < -0.3 is 14.3 Å². The van der Waals surface area contributed by atoms with Crippen LogP contribution in [0.3, 0.4) is 0 Å². The molecule has 1 aromatic heterocycles. The molecule has 0 saturated heterocycles. The first-order valence-corrected chi connectivity index (χ1v) is 6.94. The van der Waals surface area contributed by atoms with Crippen molar-refractivity contribution in [2.24, 2.45) is 0 Å². The van der Waals surface area contributed by atoms with E-state index in [4.69, 9.17) is 17.0 Å². The molecule has 0 aliphatic heterocycles. The summed E-state index contributed by atoms with van der Waals surface area (Å²) >= 11 is 5.40. The molecule has 3 nitrogen and oxygen atoms in total. The van der Waals surface area contributed by atoms with Crippen molar-refractivity contribution < 1.29 is 9.13 Å². The number of fused-ring (bicyclic) bond motifs is 1. The molecule has 0 spiro atoms. The second-order valence-corrected chi connectivity index (χ2v) is 5.63. The largest absolute Gasteiger partial charge is 0.381 e. The maximum Gasteiger partial charge on any atom is 0.178 e. The van der Waals surface area contributed by atoms with E-state index in [9.17, 15) is 4.39 Å². The molecule has 1 heterocycles. The van der Waals surface area contributed by atoms with Crippen molar-refractivity contribution in [1.82, 2.24) is 9.55 Å². The Balaban J connectivity index is 2.11. The van der Waals surface area contributed by atoms with Crippen molar-refractivity contribution in [3.63, 3.8) is 0 Å². The number of aromatic amines is 1. The summed E-state index contributed by atoms with van der Waals surface area (Å²) in [7, 11) is 1.75. The van der Waals surface area contributed by atoms with Crippen molar-refractivity contribution >= 4 is 23.3 Å². The molecular formula is C14H17FN2OS. The third kappa shape index (κ3) is 2.11. The Morgan fingerprint density at radius 1 is 1.42 bits per heavy atom. The Morgan fingerprint density at radius 2 is 2.21 bits per heavy atom. The molecule has 1 fully saturated rings. The van der Waals surface area contributed by atoms with Crippen LogP contribution in [0.4, 0.5) is 4.39 Å². The lowest BCUT2D eigenvalue weighted by molar-refractivity contribution is 0.106. The van der Waals surface area contributed by atoms with Crippen LogP contribution in [0.5, 0.6) is 0 Å². The molecule has 1 aliphatic carbocycles. The zero-order valence-electron chi connectivity index (χ0n) is 11.1. The highest BCUT2D eigenvalue weighted by Gasteiger charge is 2.27. The van der Waals surface area contributed by atoms with E-state index in [1.54, 1.807) is 14.0 Å². The number of methoxy groups -OCH3 is 1. The highest BCUT2D eigenvalue weighted by molar-refractivity contribution is 7.71. The molecule has 2 atom stereocenters. The monoisotopic (exact) mass is 280 g/mol. The van der Waals surface area contributed by atoms with Crippen molar-refractivity contribution in [1.29, 1.82) is 0 Å². The van der Waals surface area contributed by atoms with Crippen LogP contribution < -0.4 is 0 Å². The van der Waals surface area contributed by atoms with Gasteiger partial charge in [-0.05, 0) is 56.1 Å². The average Bonchev–Trinajstić information content (AvgIpc) is 2.94. The SMILES string of the molecule is COC1CCC(n2c(=S)[nH]c3cc(F)c(C)cc32)C1. The molecule has 2 aromatic rings. The predicted octanol–water partition coefficient (Wildman–Crippen LogP) is 3.89. The first-order valence-electron chi connectivity index (χ1n) is 6.53. The molecular weight excluding hydrogens is 263 g/mol. The van der Waals surface area contributed by atoms with Crippen LogP contribution in [0.15, 0.2) is 12.1 Å². The Labute approximate surface area is 116 Å². The molecule has 5 heteroatoms. The Morgan fingerprint density at radius 3 is 2.89 bits per heavy atom. The number of ether oxygens (including phenoxy) is 1. The van der Waals surface area contributed by atoms with Crippen LogP contribution in [-0.2, 0) is 4.74 Å². The van der Waals surface area contributed by atoms with Gasteiger partial charge in [0.1, 0.15) is 5.82 Å². The third-order valence-corrected chi connectivity index (χ3v) is 4.35. The molecule has 19 heavy (non-hydrogen) atoms. The van der Waals surface area contributed by atoms with Crippen LogP contribution in [0, 0.1) is 17.5 Å². The lowest BCUT2D eigenvalue weighted by atomic mass is 10.2. The summed E-state index contributed by atoms with van der Waals surface area (Å²) in [6.45, 7) is 1.78. The van der Waals surface area contributed by atoms with E-state index in [1.807, 2.05) is 6.07 Å². The molecule has 1 N–H and O–H groups in total. The average molecular weight is 280 g/mol. The first kappa shape index (κ1) is 12.8. The molecule has 102 valence electrons. The van der Waals surface area contributed by atoms with Crippen molar-refractivity contribution in [2.75, 3.05) is 7.11 Å². The number of hydrogen-bond acceptors (Lipinski definition) is 2. The van der Waals surface area contributed by atoms with Gasteiger partial charge in [0.15, 0.2) is 4.77 Å². The number of aromatic nitrogens is 2. The second kappa shape index (κ2) is 4.72. The number of nitrogens with one attached hydrogen (secondary N) is 1. The van der Waals surface area contributed by atoms with Crippen molar-refractivity contribution in [2.45, 2.75) is 38.3 Å². The molecule has 1 saturated carbocycles. The van der Waals surface area contributed by atoms with Gasteiger partial charge in [-0.2, -0.15) is 0 Å². The summed E-state index contributed by atoms with van der Waals surface area (Å²) in [6, 6.07) is 3.74. The van der Waals surface area contributed by atoms with Gasteiger partial charge in [0, 0.05) is 13.2 Å². The van der Waals surface area contributed by atoms with Gasteiger partial charge in [-0.1, -0.05) is 0 Å². The summed E-state index contributed by atoms with van der Waals surface area (Å²) in [4.78, 5) is 3.10. The number of imidazole rings is 1. The van der Waals surface area contributed by atoms with Gasteiger partial charge in [-0.25, -0.2) is 4.39 Å². The Kier molecular flexibility index (Phi) is 3.19. The van der Waals surface area contributed by atoms with Gasteiger partial charge >= 0.3 is 0 Å². The maximum atomic E-state index is 13.6. The number of halogens is 1. The van der Waals surface area contributed by atoms with Crippen LogP contribution in [0.1, 0.15) is 30.9 Å². The van der Waals surface area contributed by atoms with E-state index in [-0.39, 0.29) is 5.82 Å². The molecule has 0 bridgehead atoms. The molecule has 0 radical (unpaired) electrons. The smallest absolute Gasteiger partial charge is 0.178 e. The minimum atomic E-state index is -0.197. The lowest BCUT2D eigenvalue weighted by Gasteiger charge is -2.14. The first-order chi connectivity index (χ1) is 9.10. The normalized spacial score (nSPS) is 23.3. The zero-order chi connectivity index (χ0) is 13.6. The Hall–Kier alpha value is -1.20. The quantitative estimate of drug-likeness (QED) is 0.846. The van der Waals surface area contributed by atoms with Crippen LogP contribution in [0.25, 0.3) is 11.0 Å². The van der Waals surface area contributed by atoms with E-state index >= 15 is 0 Å². The van der Waals surface area contributed by atoms with E-state index in [2.05, 4.69) is 9.55 Å². The summed E-state index contributed by atoms with van der Waals surface area (Å²) in [5.41, 5.74) is 2.41. The topological polar surface area (TPSA) is 29.9 Å². The number of hydrogen-bond donors (Lipinski definition) is 1. The fraction of sp³-hybridized carbons (Fsp3) is 0.500. The zero-order valence-corrected chi connectivity index (χ0v) is 11.9. The van der Waals surface area contributed by atoms with Gasteiger partial charge in [0.05, 0.1) is 17.1 Å². The van der Waals surface area contributed by atoms with Crippen LogP contribution in [-0.4, -0.2) is 22.8 Å². The second-order valence-electron chi connectivity index (χ2n) is 5.24. The molecule has 0 amide bonds. The van der Waals surface area contributed by atoms with Gasteiger partial charge in [0.25, 0.3) is 0 Å². The van der Waals surface area contributed by atoms with Crippen molar-refractivity contribution in [3.8, 4) is 0 Å². The van der Waals surface area contributed by atoms with E-state index in [0.717, 1.165) is 30.3 Å². The number of nitrogens with zero attached hydrogens (tertiary/aromatic N) is 1. The Bertz CT molecular complexity index is 676. The highest BCUT2D eigenvalue weighted by Crippen LogP contribution is 2.34. The molecule has 1 aliphatic rings. The molecule has 1 aromatic carbocycles. The predicted molar refractivity (Wildman–Crippen MR) is 75.5 cm³/mol. The molecule has 3 rings (SSSR count). The van der Waals surface area contributed by atoms with Crippen LogP contribution in [0.2, 0.25) is 0 Å².